The normalized spacial score (nSPS) is 19.3. The van der Waals surface area contributed by atoms with Crippen molar-refractivity contribution < 1.29 is 19.0 Å². The van der Waals surface area contributed by atoms with Crippen LogP contribution in [0.1, 0.15) is 5.56 Å². The first-order valence-electron chi connectivity index (χ1n) is 6.03. The summed E-state index contributed by atoms with van der Waals surface area (Å²) in [5, 5.41) is 2.47. The minimum Gasteiger partial charge on any atom is -0.486 e. The second-order valence-corrected chi connectivity index (χ2v) is 4.51. The molecular formula is C14H11NO4S. The van der Waals surface area contributed by atoms with Crippen LogP contribution in [0.4, 0.5) is 0 Å². The SMILES string of the molecule is O=C1NC(=S)OC1=CC=Cc1ccc2c(c1)OCCO2. The van der Waals surface area contributed by atoms with Gasteiger partial charge in [0.1, 0.15) is 13.2 Å². The Morgan fingerprint density at radius 2 is 2.00 bits per heavy atom. The largest absolute Gasteiger partial charge is 0.486 e. The molecule has 3 rings (SSSR count). The van der Waals surface area contributed by atoms with E-state index in [1.807, 2.05) is 24.3 Å². The molecule has 2 aliphatic heterocycles. The predicted octanol–water partition coefficient (Wildman–Crippen LogP) is 1.79. The fourth-order valence-electron chi connectivity index (χ4n) is 1.85. The maximum atomic E-state index is 11.4. The van der Waals surface area contributed by atoms with Gasteiger partial charge in [0.2, 0.25) is 0 Å². The summed E-state index contributed by atoms with van der Waals surface area (Å²) in [6.45, 7) is 1.12. The van der Waals surface area contributed by atoms with Crippen LogP contribution in [0.5, 0.6) is 11.5 Å². The zero-order chi connectivity index (χ0) is 13.9. The number of hydrogen-bond acceptors (Lipinski definition) is 5. The quantitative estimate of drug-likeness (QED) is 0.664. The molecule has 1 N–H and O–H groups in total. The van der Waals surface area contributed by atoms with Crippen molar-refractivity contribution in [3.8, 4) is 11.5 Å². The summed E-state index contributed by atoms with van der Waals surface area (Å²) in [5.41, 5.74) is 0.937. The van der Waals surface area contributed by atoms with Crippen LogP contribution in [-0.2, 0) is 9.53 Å². The monoisotopic (exact) mass is 289 g/mol. The van der Waals surface area contributed by atoms with Crippen LogP contribution >= 0.6 is 12.2 Å². The first-order valence-corrected chi connectivity index (χ1v) is 6.44. The smallest absolute Gasteiger partial charge is 0.294 e. The number of fused-ring (bicyclic) bond motifs is 1. The number of ether oxygens (including phenoxy) is 3. The molecule has 1 fully saturated rings. The number of carbonyl (C=O) groups is 1. The van der Waals surface area contributed by atoms with Gasteiger partial charge in [-0.1, -0.05) is 18.2 Å². The summed E-state index contributed by atoms with van der Waals surface area (Å²) < 4.78 is 16.0. The second-order valence-electron chi connectivity index (χ2n) is 4.14. The molecule has 1 saturated heterocycles. The zero-order valence-corrected chi connectivity index (χ0v) is 11.2. The minimum atomic E-state index is -0.332. The summed E-state index contributed by atoms with van der Waals surface area (Å²) in [7, 11) is 0. The van der Waals surface area contributed by atoms with Gasteiger partial charge in [0.15, 0.2) is 17.3 Å². The third-order valence-corrected chi connectivity index (χ3v) is 2.93. The molecule has 5 nitrogen and oxygen atoms in total. The van der Waals surface area contributed by atoms with Gasteiger partial charge in [0.25, 0.3) is 11.1 Å². The number of rotatable bonds is 2. The first-order chi connectivity index (χ1) is 9.72. The lowest BCUT2D eigenvalue weighted by Crippen LogP contribution is -2.18. The third-order valence-electron chi connectivity index (χ3n) is 2.74. The maximum absolute atomic E-state index is 11.4. The lowest BCUT2D eigenvalue weighted by Gasteiger charge is -2.18. The van der Waals surface area contributed by atoms with Gasteiger partial charge in [0, 0.05) is 0 Å². The van der Waals surface area contributed by atoms with E-state index < -0.39 is 0 Å². The molecule has 0 bridgehead atoms. The number of benzene rings is 1. The average molecular weight is 289 g/mol. The van der Waals surface area contributed by atoms with E-state index in [4.69, 9.17) is 26.4 Å². The number of allylic oxidation sites excluding steroid dienone is 2. The van der Waals surface area contributed by atoms with E-state index in [1.54, 1.807) is 12.2 Å². The van der Waals surface area contributed by atoms with Gasteiger partial charge in [-0.15, -0.1) is 0 Å². The van der Waals surface area contributed by atoms with Gasteiger partial charge in [-0.2, -0.15) is 0 Å². The molecule has 1 amide bonds. The highest BCUT2D eigenvalue weighted by atomic mass is 32.1. The molecule has 20 heavy (non-hydrogen) atoms. The fourth-order valence-corrected chi connectivity index (χ4v) is 2.03. The summed E-state index contributed by atoms with van der Waals surface area (Å²) >= 11 is 4.73. The molecule has 102 valence electrons. The van der Waals surface area contributed by atoms with E-state index in [9.17, 15) is 4.79 Å². The Bertz CT molecular complexity index is 636. The van der Waals surface area contributed by atoms with Crippen molar-refractivity contribution in [2.45, 2.75) is 0 Å². The van der Waals surface area contributed by atoms with E-state index >= 15 is 0 Å². The Morgan fingerprint density at radius 1 is 1.20 bits per heavy atom. The Kier molecular flexibility index (Phi) is 3.39. The van der Waals surface area contributed by atoms with Crippen molar-refractivity contribution in [2.75, 3.05) is 13.2 Å². The number of nitrogens with one attached hydrogen (secondary N) is 1. The summed E-state index contributed by atoms with van der Waals surface area (Å²) in [5.74, 6) is 1.32. The number of hydrogen-bond donors (Lipinski definition) is 1. The summed E-state index contributed by atoms with van der Waals surface area (Å²) in [6.07, 6.45) is 5.11. The molecule has 0 aliphatic carbocycles. The van der Waals surface area contributed by atoms with Gasteiger partial charge < -0.3 is 14.2 Å². The van der Waals surface area contributed by atoms with Crippen LogP contribution in [0, 0.1) is 0 Å². The third kappa shape index (κ3) is 2.65. The Hall–Kier alpha value is -2.34. The molecule has 0 spiro atoms. The van der Waals surface area contributed by atoms with Gasteiger partial charge in [-0.05, 0) is 36.0 Å². The highest BCUT2D eigenvalue weighted by Crippen LogP contribution is 2.31. The maximum Gasteiger partial charge on any atom is 0.294 e. The molecule has 0 radical (unpaired) electrons. The number of amides is 1. The molecule has 0 saturated carbocycles. The van der Waals surface area contributed by atoms with Crippen LogP contribution < -0.4 is 14.8 Å². The molecule has 0 unspecified atom stereocenters. The van der Waals surface area contributed by atoms with Crippen LogP contribution in [0.25, 0.3) is 6.08 Å². The molecular weight excluding hydrogens is 278 g/mol. The van der Waals surface area contributed by atoms with Gasteiger partial charge in [-0.3, -0.25) is 10.1 Å². The molecule has 2 heterocycles. The molecule has 2 aliphatic rings. The second kappa shape index (κ2) is 5.34. The van der Waals surface area contributed by atoms with E-state index in [2.05, 4.69) is 5.32 Å². The Balaban J connectivity index is 1.74. The molecule has 6 heteroatoms. The highest BCUT2D eigenvalue weighted by Gasteiger charge is 2.22. The van der Waals surface area contributed by atoms with Crippen molar-refractivity contribution in [3.05, 3.63) is 41.7 Å². The van der Waals surface area contributed by atoms with Gasteiger partial charge in [0.05, 0.1) is 0 Å². The Morgan fingerprint density at radius 3 is 2.75 bits per heavy atom. The molecule has 1 aromatic rings. The van der Waals surface area contributed by atoms with E-state index in [1.165, 1.54) is 0 Å². The van der Waals surface area contributed by atoms with Crippen molar-refractivity contribution in [1.29, 1.82) is 0 Å². The number of thiocarbonyl (C=S) groups is 1. The first kappa shape index (κ1) is 12.7. The topological polar surface area (TPSA) is 56.8 Å². The van der Waals surface area contributed by atoms with Crippen molar-refractivity contribution >= 4 is 29.4 Å². The molecule has 0 aromatic heterocycles. The van der Waals surface area contributed by atoms with Crippen LogP contribution in [-0.4, -0.2) is 24.3 Å². The van der Waals surface area contributed by atoms with Gasteiger partial charge in [-0.25, -0.2) is 0 Å². The van der Waals surface area contributed by atoms with Crippen molar-refractivity contribution in [1.82, 2.24) is 5.32 Å². The highest BCUT2D eigenvalue weighted by molar-refractivity contribution is 7.80. The lowest BCUT2D eigenvalue weighted by atomic mass is 10.2. The molecule has 0 atom stereocenters. The van der Waals surface area contributed by atoms with Crippen molar-refractivity contribution in [3.63, 3.8) is 0 Å². The summed E-state index contributed by atoms with van der Waals surface area (Å²) in [4.78, 5) is 11.4. The number of carbonyl (C=O) groups excluding carboxylic acids is 1. The van der Waals surface area contributed by atoms with Crippen LogP contribution in [0.2, 0.25) is 0 Å². The summed E-state index contributed by atoms with van der Waals surface area (Å²) in [6, 6.07) is 5.64. The minimum absolute atomic E-state index is 0.0778. The van der Waals surface area contributed by atoms with Crippen molar-refractivity contribution in [2.24, 2.45) is 0 Å². The van der Waals surface area contributed by atoms with E-state index in [0.717, 1.165) is 17.1 Å². The van der Waals surface area contributed by atoms with Gasteiger partial charge >= 0.3 is 0 Å². The zero-order valence-electron chi connectivity index (χ0n) is 10.4. The average Bonchev–Trinajstić information content (AvgIpc) is 2.77. The van der Waals surface area contributed by atoms with E-state index in [0.29, 0.717) is 13.2 Å². The predicted molar refractivity (Wildman–Crippen MR) is 76.4 cm³/mol. The lowest BCUT2D eigenvalue weighted by molar-refractivity contribution is -0.116. The molecule has 1 aromatic carbocycles. The fraction of sp³-hybridized carbons (Fsp3) is 0.143. The van der Waals surface area contributed by atoms with E-state index in [-0.39, 0.29) is 16.8 Å². The Labute approximate surface area is 120 Å². The van der Waals surface area contributed by atoms with Crippen LogP contribution in [0.15, 0.2) is 36.1 Å². The standard InChI is InChI=1S/C14H11NO4S/c16-13-11(19-14(20)15-13)3-1-2-9-4-5-10-12(8-9)18-7-6-17-10/h1-5,8H,6-7H2,(H,15,16,20). The van der Waals surface area contributed by atoms with Crippen LogP contribution in [0.3, 0.4) is 0 Å².